The normalized spacial score (nSPS) is 12.1. The van der Waals surface area contributed by atoms with Crippen LogP contribution in [-0.2, 0) is 9.53 Å². The lowest BCUT2D eigenvalue weighted by atomic mass is 10.3. The van der Waals surface area contributed by atoms with E-state index in [1.807, 2.05) is 0 Å². The van der Waals surface area contributed by atoms with E-state index in [4.69, 9.17) is 4.74 Å². The Bertz CT molecular complexity index is 457. The lowest BCUT2D eigenvalue weighted by Crippen LogP contribution is -2.39. The molecule has 1 aromatic rings. The standard InChI is InChI=1S/C11H14F3N3O2/c1-6(11(18)15-3-4-19-2)16-10-8(13)5-7(12)9(14)17-10/h5-6H,3-4H2,1-2H3,(H,15,18)(H,16,17). The van der Waals surface area contributed by atoms with Crippen LogP contribution >= 0.6 is 0 Å². The Morgan fingerprint density at radius 1 is 1.42 bits per heavy atom. The molecule has 0 fully saturated rings. The lowest BCUT2D eigenvalue weighted by Gasteiger charge is -2.15. The SMILES string of the molecule is COCCNC(=O)C(C)Nc1nc(F)c(F)cc1F. The van der Waals surface area contributed by atoms with Gasteiger partial charge in [-0.05, 0) is 6.92 Å². The van der Waals surface area contributed by atoms with Gasteiger partial charge in [0.1, 0.15) is 6.04 Å². The number of amides is 1. The molecule has 0 aliphatic heterocycles. The predicted molar refractivity (Wildman–Crippen MR) is 62.1 cm³/mol. The fraction of sp³-hybridized carbons (Fsp3) is 0.455. The summed E-state index contributed by atoms with van der Waals surface area (Å²) in [5.74, 6) is -4.86. The highest BCUT2D eigenvalue weighted by Gasteiger charge is 2.17. The highest BCUT2D eigenvalue weighted by atomic mass is 19.2. The summed E-state index contributed by atoms with van der Waals surface area (Å²) in [6, 6.07) is -0.496. The van der Waals surface area contributed by atoms with Gasteiger partial charge in [-0.25, -0.2) is 8.78 Å². The Morgan fingerprint density at radius 2 is 2.11 bits per heavy atom. The monoisotopic (exact) mass is 277 g/mol. The molecule has 1 unspecified atom stereocenters. The predicted octanol–water partition coefficient (Wildman–Crippen LogP) is 1.06. The van der Waals surface area contributed by atoms with Gasteiger partial charge >= 0.3 is 0 Å². The van der Waals surface area contributed by atoms with Crippen LogP contribution in [0.1, 0.15) is 6.92 Å². The summed E-state index contributed by atoms with van der Waals surface area (Å²) < 4.78 is 43.5. The summed E-state index contributed by atoms with van der Waals surface area (Å²) in [5, 5.41) is 4.86. The molecular formula is C11H14F3N3O2. The largest absolute Gasteiger partial charge is 0.383 e. The zero-order valence-electron chi connectivity index (χ0n) is 10.5. The molecule has 106 valence electrons. The number of carbonyl (C=O) groups excluding carboxylic acids is 1. The molecule has 0 aliphatic carbocycles. The third kappa shape index (κ3) is 4.40. The number of hydrogen-bond donors (Lipinski definition) is 2. The summed E-state index contributed by atoms with van der Waals surface area (Å²) in [6.07, 6.45) is 0. The molecule has 0 saturated carbocycles. The summed E-state index contributed by atoms with van der Waals surface area (Å²) in [6.45, 7) is 2.05. The van der Waals surface area contributed by atoms with Crippen LogP contribution in [0.15, 0.2) is 6.07 Å². The third-order valence-electron chi connectivity index (χ3n) is 2.24. The third-order valence-corrected chi connectivity index (χ3v) is 2.24. The van der Waals surface area contributed by atoms with E-state index >= 15 is 0 Å². The molecule has 1 heterocycles. The highest BCUT2D eigenvalue weighted by Crippen LogP contribution is 2.15. The van der Waals surface area contributed by atoms with Crippen molar-refractivity contribution in [2.75, 3.05) is 25.6 Å². The Labute approximate surface area is 108 Å². The van der Waals surface area contributed by atoms with Gasteiger partial charge in [0.05, 0.1) is 6.61 Å². The van der Waals surface area contributed by atoms with Crippen molar-refractivity contribution in [3.8, 4) is 0 Å². The number of pyridine rings is 1. The van der Waals surface area contributed by atoms with Gasteiger partial charge in [0.25, 0.3) is 5.95 Å². The van der Waals surface area contributed by atoms with E-state index in [2.05, 4.69) is 15.6 Å². The van der Waals surface area contributed by atoms with Gasteiger partial charge in [-0.1, -0.05) is 0 Å². The van der Waals surface area contributed by atoms with Gasteiger partial charge in [-0.15, -0.1) is 0 Å². The number of hydrogen-bond acceptors (Lipinski definition) is 4. The smallest absolute Gasteiger partial charge is 0.251 e. The maximum atomic E-state index is 13.3. The number of methoxy groups -OCH3 is 1. The number of ether oxygens (including phenoxy) is 1. The maximum Gasteiger partial charge on any atom is 0.251 e. The minimum Gasteiger partial charge on any atom is -0.383 e. The maximum absolute atomic E-state index is 13.3. The zero-order valence-corrected chi connectivity index (χ0v) is 10.5. The van der Waals surface area contributed by atoms with Crippen molar-refractivity contribution < 1.29 is 22.7 Å². The molecule has 1 amide bonds. The van der Waals surface area contributed by atoms with Crippen molar-refractivity contribution in [2.24, 2.45) is 0 Å². The molecule has 0 spiro atoms. The van der Waals surface area contributed by atoms with E-state index in [1.165, 1.54) is 14.0 Å². The van der Waals surface area contributed by atoms with Gasteiger partial charge in [0.2, 0.25) is 5.91 Å². The second kappa shape index (κ2) is 6.93. The van der Waals surface area contributed by atoms with Gasteiger partial charge in [-0.3, -0.25) is 4.79 Å². The van der Waals surface area contributed by atoms with Crippen LogP contribution in [0.5, 0.6) is 0 Å². The number of nitrogens with one attached hydrogen (secondary N) is 2. The fourth-order valence-electron chi connectivity index (χ4n) is 1.25. The molecule has 1 aromatic heterocycles. The van der Waals surface area contributed by atoms with E-state index < -0.39 is 35.3 Å². The van der Waals surface area contributed by atoms with Gasteiger partial charge in [0.15, 0.2) is 17.5 Å². The van der Waals surface area contributed by atoms with Crippen molar-refractivity contribution in [3.63, 3.8) is 0 Å². The summed E-state index contributed by atoms with van der Waals surface area (Å²) >= 11 is 0. The average Bonchev–Trinajstić information content (AvgIpc) is 2.36. The molecule has 0 aromatic carbocycles. The first-order valence-corrected chi connectivity index (χ1v) is 5.50. The van der Waals surface area contributed by atoms with Crippen molar-refractivity contribution >= 4 is 11.7 Å². The van der Waals surface area contributed by atoms with Crippen molar-refractivity contribution in [1.82, 2.24) is 10.3 Å². The summed E-state index contributed by atoms with van der Waals surface area (Å²) in [7, 11) is 1.48. The van der Waals surface area contributed by atoms with Crippen LogP contribution in [0, 0.1) is 17.6 Å². The second-order valence-electron chi connectivity index (χ2n) is 3.74. The van der Waals surface area contributed by atoms with Crippen molar-refractivity contribution in [1.29, 1.82) is 0 Å². The average molecular weight is 277 g/mol. The molecule has 2 N–H and O–H groups in total. The Morgan fingerprint density at radius 3 is 2.74 bits per heavy atom. The molecule has 19 heavy (non-hydrogen) atoms. The second-order valence-corrected chi connectivity index (χ2v) is 3.74. The van der Waals surface area contributed by atoms with Crippen molar-refractivity contribution in [3.05, 3.63) is 23.6 Å². The number of aromatic nitrogens is 1. The van der Waals surface area contributed by atoms with Crippen LogP contribution < -0.4 is 10.6 Å². The first-order valence-electron chi connectivity index (χ1n) is 5.50. The van der Waals surface area contributed by atoms with Gasteiger partial charge in [-0.2, -0.15) is 9.37 Å². The van der Waals surface area contributed by atoms with Crippen LogP contribution in [0.3, 0.4) is 0 Å². The highest BCUT2D eigenvalue weighted by molar-refractivity contribution is 5.83. The van der Waals surface area contributed by atoms with Gasteiger partial charge < -0.3 is 15.4 Å². The molecule has 0 radical (unpaired) electrons. The topological polar surface area (TPSA) is 63.2 Å². The van der Waals surface area contributed by atoms with E-state index in [0.29, 0.717) is 12.7 Å². The molecule has 1 atom stereocenters. The molecule has 1 rings (SSSR count). The summed E-state index contributed by atoms with van der Waals surface area (Å²) in [4.78, 5) is 14.6. The molecule has 0 aliphatic rings. The summed E-state index contributed by atoms with van der Waals surface area (Å²) in [5.41, 5.74) is 0. The number of carbonyl (C=O) groups is 1. The van der Waals surface area contributed by atoms with Gasteiger partial charge in [0, 0.05) is 19.7 Å². The quantitative estimate of drug-likeness (QED) is 0.603. The fourth-order valence-corrected chi connectivity index (χ4v) is 1.25. The zero-order chi connectivity index (χ0) is 14.4. The number of halogens is 3. The Hall–Kier alpha value is -1.83. The molecule has 8 heteroatoms. The van der Waals surface area contributed by atoms with E-state index in [-0.39, 0.29) is 6.54 Å². The first kappa shape index (κ1) is 15.2. The van der Waals surface area contributed by atoms with Crippen LogP contribution in [0.2, 0.25) is 0 Å². The van der Waals surface area contributed by atoms with Crippen LogP contribution in [0.4, 0.5) is 19.0 Å². The molecular weight excluding hydrogens is 263 g/mol. The minimum atomic E-state index is -1.43. The number of nitrogens with zero attached hydrogens (tertiary/aromatic N) is 1. The minimum absolute atomic E-state index is 0.287. The lowest BCUT2D eigenvalue weighted by molar-refractivity contribution is -0.121. The molecule has 5 nitrogen and oxygen atoms in total. The van der Waals surface area contributed by atoms with Crippen LogP contribution in [0.25, 0.3) is 0 Å². The van der Waals surface area contributed by atoms with E-state index in [0.717, 1.165) is 0 Å². The molecule has 0 bridgehead atoms. The Kier molecular flexibility index (Phi) is 5.56. The number of rotatable bonds is 6. The van der Waals surface area contributed by atoms with Crippen molar-refractivity contribution in [2.45, 2.75) is 13.0 Å². The molecule has 0 saturated heterocycles. The Balaban J connectivity index is 2.63. The van der Waals surface area contributed by atoms with Crippen LogP contribution in [-0.4, -0.2) is 37.2 Å². The first-order chi connectivity index (χ1) is 8.95. The van der Waals surface area contributed by atoms with E-state index in [1.54, 1.807) is 0 Å². The van der Waals surface area contributed by atoms with E-state index in [9.17, 15) is 18.0 Å². The number of anilines is 1.